The van der Waals surface area contributed by atoms with E-state index in [-0.39, 0.29) is 11.4 Å². The van der Waals surface area contributed by atoms with Crippen molar-refractivity contribution in [3.05, 3.63) is 29.3 Å². The molecular formula is C18H25N3O. The quantitative estimate of drug-likeness (QED) is 0.912. The average Bonchev–Trinajstić information content (AvgIpc) is 3.26. The molecule has 1 saturated carbocycles. The van der Waals surface area contributed by atoms with E-state index < -0.39 is 0 Å². The summed E-state index contributed by atoms with van der Waals surface area (Å²) in [5.41, 5.74) is 9.96. The molecule has 0 unspecified atom stereocenters. The summed E-state index contributed by atoms with van der Waals surface area (Å²) in [6.07, 6.45) is 4.85. The van der Waals surface area contributed by atoms with Gasteiger partial charge >= 0.3 is 6.03 Å². The molecule has 4 heteroatoms. The van der Waals surface area contributed by atoms with Crippen molar-refractivity contribution in [2.75, 3.05) is 31.1 Å². The Morgan fingerprint density at radius 2 is 2.05 bits per heavy atom. The number of urea groups is 1. The number of piperidine rings is 1. The SMILES string of the molecule is Cc1ccc2c(c1)C1(CCN(C(N)=O)CC1)CN2CC1CC1. The topological polar surface area (TPSA) is 49.6 Å². The third kappa shape index (κ3) is 2.25. The van der Waals surface area contributed by atoms with Crippen molar-refractivity contribution in [1.82, 2.24) is 4.90 Å². The lowest BCUT2D eigenvalue weighted by Gasteiger charge is -2.39. The lowest BCUT2D eigenvalue weighted by molar-refractivity contribution is 0.169. The summed E-state index contributed by atoms with van der Waals surface area (Å²) >= 11 is 0. The van der Waals surface area contributed by atoms with Gasteiger partial charge in [-0.15, -0.1) is 0 Å². The molecule has 2 aliphatic heterocycles. The van der Waals surface area contributed by atoms with Crippen LogP contribution < -0.4 is 10.6 Å². The number of amides is 2. The smallest absolute Gasteiger partial charge is 0.314 e. The van der Waals surface area contributed by atoms with Crippen molar-refractivity contribution in [1.29, 1.82) is 0 Å². The normalized spacial score (nSPS) is 23.0. The van der Waals surface area contributed by atoms with Gasteiger partial charge in [-0.2, -0.15) is 0 Å². The highest BCUT2D eigenvalue weighted by Crippen LogP contribution is 2.48. The van der Waals surface area contributed by atoms with Gasteiger partial charge in [0.2, 0.25) is 0 Å². The van der Waals surface area contributed by atoms with E-state index in [4.69, 9.17) is 5.73 Å². The maximum absolute atomic E-state index is 11.4. The molecule has 2 fully saturated rings. The molecule has 1 aromatic carbocycles. The molecule has 2 amide bonds. The first-order valence-electron chi connectivity index (χ1n) is 8.48. The molecular weight excluding hydrogens is 274 g/mol. The number of benzene rings is 1. The Hall–Kier alpha value is -1.71. The predicted octanol–water partition coefficient (Wildman–Crippen LogP) is 2.64. The van der Waals surface area contributed by atoms with E-state index in [2.05, 4.69) is 30.0 Å². The van der Waals surface area contributed by atoms with Gasteiger partial charge in [0.05, 0.1) is 0 Å². The first-order chi connectivity index (χ1) is 10.6. The molecule has 0 radical (unpaired) electrons. The molecule has 0 aromatic heterocycles. The van der Waals surface area contributed by atoms with Crippen LogP contribution in [0.4, 0.5) is 10.5 Å². The van der Waals surface area contributed by atoms with Gasteiger partial charge in [-0.1, -0.05) is 17.7 Å². The average molecular weight is 299 g/mol. The predicted molar refractivity (Wildman–Crippen MR) is 88.2 cm³/mol. The molecule has 1 spiro atoms. The van der Waals surface area contributed by atoms with Crippen LogP contribution in [-0.2, 0) is 5.41 Å². The van der Waals surface area contributed by atoms with Crippen molar-refractivity contribution < 1.29 is 4.79 Å². The van der Waals surface area contributed by atoms with Crippen molar-refractivity contribution in [3.63, 3.8) is 0 Å². The van der Waals surface area contributed by atoms with Crippen molar-refractivity contribution in [3.8, 4) is 0 Å². The maximum atomic E-state index is 11.4. The monoisotopic (exact) mass is 299 g/mol. The number of anilines is 1. The number of nitrogens with two attached hydrogens (primary N) is 1. The summed E-state index contributed by atoms with van der Waals surface area (Å²) in [6.45, 7) is 6.09. The molecule has 118 valence electrons. The number of rotatable bonds is 2. The Balaban J connectivity index is 1.63. The number of carbonyl (C=O) groups excluding carboxylic acids is 1. The first-order valence-corrected chi connectivity index (χ1v) is 8.48. The molecule has 2 heterocycles. The Kier molecular flexibility index (Phi) is 3.10. The van der Waals surface area contributed by atoms with Crippen LogP contribution in [0.3, 0.4) is 0 Å². The summed E-state index contributed by atoms with van der Waals surface area (Å²) in [6, 6.07) is 6.65. The summed E-state index contributed by atoms with van der Waals surface area (Å²) in [5, 5.41) is 0. The molecule has 1 saturated heterocycles. The molecule has 2 N–H and O–H groups in total. The zero-order valence-electron chi connectivity index (χ0n) is 13.3. The lowest BCUT2D eigenvalue weighted by Crippen LogP contribution is -2.48. The largest absolute Gasteiger partial charge is 0.370 e. The number of hydrogen-bond donors (Lipinski definition) is 1. The van der Waals surface area contributed by atoms with Crippen LogP contribution >= 0.6 is 0 Å². The highest BCUT2D eigenvalue weighted by Gasteiger charge is 2.45. The van der Waals surface area contributed by atoms with Gasteiger partial charge < -0.3 is 15.5 Å². The van der Waals surface area contributed by atoms with Crippen molar-refractivity contribution in [2.24, 2.45) is 11.7 Å². The number of likely N-dealkylation sites (tertiary alicyclic amines) is 1. The number of hydrogen-bond acceptors (Lipinski definition) is 2. The molecule has 4 nitrogen and oxygen atoms in total. The second-order valence-electron chi connectivity index (χ2n) is 7.45. The standard InChI is InChI=1S/C18H25N3O/c1-13-2-5-16-15(10-13)18(12-21(16)11-14-3-4-14)6-8-20(9-7-18)17(19)22/h2,5,10,14H,3-4,6-9,11-12H2,1H3,(H2,19,22). The minimum Gasteiger partial charge on any atom is -0.370 e. The minimum absolute atomic E-state index is 0.224. The molecule has 1 aliphatic carbocycles. The van der Waals surface area contributed by atoms with Crippen LogP contribution in [-0.4, -0.2) is 37.1 Å². The van der Waals surface area contributed by atoms with E-state index in [1.165, 1.54) is 36.2 Å². The van der Waals surface area contributed by atoms with Gasteiger partial charge in [0.25, 0.3) is 0 Å². The Labute approximate surface area is 132 Å². The van der Waals surface area contributed by atoms with Crippen LogP contribution in [0.15, 0.2) is 18.2 Å². The fourth-order valence-corrected chi connectivity index (χ4v) is 4.24. The van der Waals surface area contributed by atoms with E-state index in [1.807, 2.05) is 0 Å². The van der Waals surface area contributed by atoms with Crippen LogP contribution in [0.2, 0.25) is 0 Å². The maximum Gasteiger partial charge on any atom is 0.314 e. The minimum atomic E-state index is -0.271. The highest BCUT2D eigenvalue weighted by molar-refractivity contribution is 5.72. The molecule has 22 heavy (non-hydrogen) atoms. The summed E-state index contributed by atoms with van der Waals surface area (Å²) in [4.78, 5) is 15.8. The number of nitrogens with zero attached hydrogens (tertiary/aromatic N) is 2. The van der Waals surface area contributed by atoms with E-state index in [1.54, 1.807) is 4.90 Å². The Morgan fingerprint density at radius 1 is 1.32 bits per heavy atom. The number of primary amides is 1. The second kappa shape index (κ2) is 4.90. The number of aryl methyl sites for hydroxylation is 1. The third-order valence-electron chi connectivity index (χ3n) is 5.77. The fourth-order valence-electron chi connectivity index (χ4n) is 4.24. The number of carbonyl (C=O) groups is 1. The summed E-state index contributed by atoms with van der Waals surface area (Å²) in [5.74, 6) is 0.898. The van der Waals surface area contributed by atoms with Gasteiger partial charge in [0, 0.05) is 37.3 Å². The third-order valence-corrected chi connectivity index (χ3v) is 5.77. The zero-order valence-corrected chi connectivity index (χ0v) is 13.3. The number of fused-ring (bicyclic) bond motifs is 2. The fraction of sp³-hybridized carbons (Fsp3) is 0.611. The van der Waals surface area contributed by atoms with Crippen LogP contribution in [0, 0.1) is 12.8 Å². The molecule has 1 aromatic rings. The lowest BCUT2D eigenvalue weighted by atomic mass is 9.74. The van der Waals surface area contributed by atoms with Gasteiger partial charge in [0.1, 0.15) is 0 Å². The second-order valence-corrected chi connectivity index (χ2v) is 7.45. The van der Waals surface area contributed by atoms with Crippen LogP contribution in [0.1, 0.15) is 36.8 Å². The van der Waals surface area contributed by atoms with Crippen LogP contribution in [0.5, 0.6) is 0 Å². The molecule has 0 bridgehead atoms. The first kappa shape index (κ1) is 13.9. The molecule has 4 rings (SSSR count). The van der Waals surface area contributed by atoms with Gasteiger partial charge in [0.15, 0.2) is 0 Å². The van der Waals surface area contributed by atoms with Gasteiger partial charge in [-0.3, -0.25) is 0 Å². The summed E-state index contributed by atoms with van der Waals surface area (Å²) in [7, 11) is 0. The van der Waals surface area contributed by atoms with Crippen molar-refractivity contribution >= 4 is 11.7 Å². The zero-order chi connectivity index (χ0) is 15.3. The van der Waals surface area contributed by atoms with Gasteiger partial charge in [-0.05, 0) is 50.2 Å². The van der Waals surface area contributed by atoms with E-state index in [0.717, 1.165) is 38.4 Å². The molecule has 3 aliphatic rings. The Bertz CT molecular complexity index is 600. The van der Waals surface area contributed by atoms with E-state index >= 15 is 0 Å². The van der Waals surface area contributed by atoms with E-state index in [0.29, 0.717) is 0 Å². The Morgan fingerprint density at radius 3 is 2.68 bits per heavy atom. The summed E-state index contributed by atoms with van der Waals surface area (Å²) < 4.78 is 0. The molecule has 0 atom stereocenters. The van der Waals surface area contributed by atoms with E-state index in [9.17, 15) is 4.79 Å². The highest BCUT2D eigenvalue weighted by atomic mass is 16.2. The van der Waals surface area contributed by atoms with Gasteiger partial charge in [-0.25, -0.2) is 4.79 Å². The van der Waals surface area contributed by atoms with Crippen LogP contribution in [0.25, 0.3) is 0 Å². The van der Waals surface area contributed by atoms with Crippen molar-refractivity contribution in [2.45, 2.75) is 38.0 Å².